The first-order valence-electron chi connectivity index (χ1n) is 11.5. The summed E-state index contributed by atoms with van der Waals surface area (Å²) in [6, 6.07) is 8.35. The Morgan fingerprint density at radius 1 is 1.24 bits per heavy atom. The first-order chi connectivity index (χ1) is 16.3. The smallest absolute Gasteiger partial charge is 0.302 e. The van der Waals surface area contributed by atoms with Crippen molar-refractivity contribution < 1.29 is 4.79 Å². The number of nitrogens with zero attached hydrogens (tertiary/aromatic N) is 4. The zero-order valence-electron chi connectivity index (χ0n) is 19.9. The Hall–Kier alpha value is -3.33. The van der Waals surface area contributed by atoms with Crippen molar-refractivity contribution >= 4 is 34.4 Å². The van der Waals surface area contributed by atoms with Crippen LogP contribution in [0.25, 0.3) is 10.4 Å². The van der Waals surface area contributed by atoms with Crippen molar-refractivity contribution in [2.75, 3.05) is 5.32 Å². The Bertz CT molecular complexity index is 1340. The monoisotopic (exact) mass is 479 g/mol. The van der Waals surface area contributed by atoms with Crippen LogP contribution in [0.4, 0.5) is 10.9 Å². The van der Waals surface area contributed by atoms with E-state index in [2.05, 4.69) is 33.5 Å². The molecule has 178 valence electrons. The van der Waals surface area contributed by atoms with Gasteiger partial charge in [-0.25, -0.2) is 14.8 Å². The van der Waals surface area contributed by atoms with Gasteiger partial charge in [-0.1, -0.05) is 42.5 Å². The van der Waals surface area contributed by atoms with Gasteiger partial charge in [0.2, 0.25) is 5.91 Å². The summed E-state index contributed by atoms with van der Waals surface area (Å²) >= 11 is 1.53. The Balaban J connectivity index is 1.40. The summed E-state index contributed by atoms with van der Waals surface area (Å²) in [5.74, 6) is 0.314. The van der Waals surface area contributed by atoms with Gasteiger partial charge in [0, 0.05) is 26.7 Å². The summed E-state index contributed by atoms with van der Waals surface area (Å²) in [6.45, 7) is 3.69. The van der Waals surface area contributed by atoms with E-state index >= 15 is 0 Å². The topological polar surface area (TPSA) is 98.4 Å². The van der Waals surface area contributed by atoms with Crippen LogP contribution in [0.1, 0.15) is 43.0 Å². The zero-order valence-corrected chi connectivity index (χ0v) is 20.7. The molecule has 4 rings (SSSR count). The van der Waals surface area contributed by atoms with E-state index in [1.54, 1.807) is 20.2 Å². The number of aliphatic imine (C=N–C) groups is 1. The molecule has 1 aliphatic rings. The van der Waals surface area contributed by atoms with Crippen molar-refractivity contribution in [2.24, 2.45) is 25.0 Å². The second-order valence-electron chi connectivity index (χ2n) is 8.64. The number of rotatable bonds is 7. The number of aryl methyl sites for hydroxylation is 2. The number of benzene rings is 1. The first kappa shape index (κ1) is 23.8. The number of aromatic nitrogens is 3. The predicted octanol–water partition coefficient (Wildman–Crippen LogP) is 3.76. The highest BCUT2D eigenvalue weighted by Gasteiger charge is 2.21. The second-order valence-corrected chi connectivity index (χ2v) is 9.64. The molecule has 0 spiro atoms. The average Bonchev–Trinajstić information content (AvgIpc) is 3.26. The zero-order chi connectivity index (χ0) is 24.4. The van der Waals surface area contributed by atoms with Crippen molar-refractivity contribution in [3.05, 3.63) is 61.9 Å². The van der Waals surface area contributed by atoms with Crippen molar-refractivity contribution in [1.29, 1.82) is 0 Å². The minimum Gasteiger partial charge on any atom is -0.302 e. The normalized spacial score (nSPS) is 13.5. The van der Waals surface area contributed by atoms with Crippen molar-refractivity contribution in [2.45, 2.75) is 46.0 Å². The van der Waals surface area contributed by atoms with Crippen molar-refractivity contribution in [3.8, 4) is 10.4 Å². The molecule has 0 radical (unpaired) electrons. The maximum absolute atomic E-state index is 12.6. The van der Waals surface area contributed by atoms with Crippen LogP contribution < -0.4 is 16.6 Å². The van der Waals surface area contributed by atoms with Crippen LogP contribution in [-0.2, 0) is 31.7 Å². The van der Waals surface area contributed by atoms with Crippen molar-refractivity contribution in [1.82, 2.24) is 14.1 Å². The number of thiazole rings is 1. The molecule has 0 bridgehead atoms. The van der Waals surface area contributed by atoms with E-state index in [0.29, 0.717) is 29.4 Å². The third kappa shape index (κ3) is 4.65. The summed E-state index contributed by atoms with van der Waals surface area (Å²) in [7, 11) is 3.05. The van der Waals surface area contributed by atoms with Gasteiger partial charge in [-0.15, -0.1) is 0 Å². The Labute approximate surface area is 202 Å². The van der Waals surface area contributed by atoms with Gasteiger partial charge in [0.25, 0.3) is 5.56 Å². The van der Waals surface area contributed by atoms with Crippen molar-refractivity contribution in [3.63, 3.8) is 0 Å². The van der Waals surface area contributed by atoms with E-state index in [0.717, 1.165) is 34.4 Å². The van der Waals surface area contributed by atoms with Crippen LogP contribution >= 0.6 is 11.3 Å². The standard InChI is InChI=1S/C25H29N5O3S/c1-5-16(14-26-22-15(2)23(32)30(4)25(33)29(22)3)10-13-20(31)28-24-27-19-12-11-17-8-6-7-9-18(17)21(19)34-24/h6-9,14,16H,5,10-13H2,1-4H3,(H,27,28,31)/b26-14-. The molecule has 1 amide bonds. The highest BCUT2D eigenvalue weighted by molar-refractivity contribution is 7.19. The lowest BCUT2D eigenvalue weighted by Crippen LogP contribution is -2.38. The first-order valence-corrected chi connectivity index (χ1v) is 12.3. The molecule has 0 aliphatic heterocycles. The maximum atomic E-state index is 12.6. The number of hydrogen-bond acceptors (Lipinski definition) is 6. The lowest BCUT2D eigenvalue weighted by atomic mass is 9.94. The minimum atomic E-state index is -0.413. The number of amides is 1. The van der Waals surface area contributed by atoms with E-state index in [-0.39, 0.29) is 17.4 Å². The molecule has 1 atom stereocenters. The molecule has 1 aromatic carbocycles. The highest BCUT2D eigenvalue weighted by Crippen LogP contribution is 2.39. The number of fused-ring (bicyclic) bond motifs is 3. The quantitative estimate of drug-likeness (QED) is 0.522. The molecule has 0 fully saturated rings. The van der Waals surface area contributed by atoms with Crippen LogP contribution in [0.3, 0.4) is 0 Å². The lowest BCUT2D eigenvalue weighted by Gasteiger charge is -2.13. The fourth-order valence-electron chi connectivity index (χ4n) is 4.24. The van der Waals surface area contributed by atoms with E-state index in [9.17, 15) is 14.4 Å². The highest BCUT2D eigenvalue weighted by atomic mass is 32.1. The molecule has 1 N–H and O–H groups in total. The molecule has 1 unspecified atom stereocenters. The summed E-state index contributed by atoms with van der Waals surface area (Å²) < 4.78 is 2.44. The SMILES string of the molecule is CCC(/C=N\c1c(C)c(=O)n(C)c(=O)n1C)CCC(=O)Nc1nc2c(s1)-c1ccccc1CC2. The van der Waals surface area contributed by atoms with E-state index in [1.165, 1.54) is 34.1 Å². The Kier molecular flexibility index (Phi) is 6.92. The van der Waals surface area contributed by atoms with Gasteiger partial charge in [-0.05, 0) is 49.7 Å². The van der Waals surface area contributed by atoms with Gasteiger partial charge >= 0.3 is 5.69 Å². The van der Waals surface area contributed by atoms with Gasteiger partial charge in [0.1, 0.15) is 5.82 Å². The third-order valence-corrected chi connectivity index (χ3v) is 7.41. The fraction of sp³-hybridized carbons (Fsp3) is 0.400. The Morgan fingerprint density at radius 3 is 2.76 bits per heavy atom. The van der Waals surface area contributed by atoms with Gasteiger partial charge in [0.05, 0.1) is 16.1 Å². The number of nitrogens with one attached hydrogen (secondary N) is 1. The number of anilines is 1. The molecule has 2 heterocycles. The molecule has 3 aromatic rings. The Morgan fingerprint density at radius 2 is 2.00 bits per heavy atom. The van der Waals surface area contributed by atoms with Crippen LogP contribution in [-0.4, -0.2) is 26.2 Å². The predicted molar refractivity (Wildman–Crippen MR) is 136 cm³/mol. The summed E-state index contributed by atoms with van der Waals surface area (Å²) in [6.07, 6.45) is 5.33. The average molecular weight is 480 g/mol. The van der Waals surface area contributed by atoms with E-state index in [4.69, 9.17) is 0 Å². The molecule has 1 aliphatic carbocycles. The van der Waals surface area contributed by atoms with Gasteiger partial charge in [0.15, 0.2) is 5.13 Å². The van der Waals surface area contributed by atoms with E-state index in [1.807, 2.05) is 13.0 Å². The van der Waals surface area contributed by atoms with Gasteiger partial charge in [-0.3, -0.25) is 18.7 Å². The summed E-state index contributed by atoms with van der Waals surface area (Å²) in [5.41, 5.74) is 3.24. The molecule has 0 saturated carbocycles. The largest absolute Gasteiger partial charge is 0.332 e. The van der Waals surface area contributed by atoms with E-state index < -0.39 is 5.69 Å². The third-order valence-electron chi connectivity index (χ3n) is 6.36. The van der Waals surface area contributed by atoms with Gasteiger partial charge in [-0.2, -0.15) is 0 Å². The molecule has 9 heteroatoms. The lowest BCUT2D eigenvalue weighted by molar-refractivity contribution is -0.116. The van der Waals surface area contributed by atoms with Crippen LogP contribution in [0.2, 0.25) is 0 Å². The number of carbonyl (C=O) groups excluding carboxylic acids is 1. The molecular formula is C25H29N5O3S. The summed E-state index contributed by atoms with van der Waals surface area (Å²) in [5, 5.41) is 3.60. The van der Waals surface area contributed by atoms with Crippen LogP contribution in [0.5, 0.6) is 0 Å². The molecule has 0 saturated heterocycles. The molecule has 8 nitrogen and oxygen atoms in total. The molecule has 2 aromatic heterocycles. The van der Waals surface area contributed by atoms with Crippen LogP contribution in [0.15, 0.2) is 38.8 Å². The molecular weight excluding hydrogens is 450 g/mol. The molecule has 34 heavy (non-hydrogen) atoms. The minimum absolute atomic E-state index is 0.0423. The fourth-order valence-corrected chi connectivity index (χ4v) is 5.33. The van der Waals surface area contributed by atoms with Gasteiger partial charge < -0.3 is 5.32 Å². The number of carbonyl (C=O) groups is 1. The second kappa shape index (κ2) is 9.89. The van der Waals surface area contributed by atoms with Crippen LogP contribution in [0, 0.1) is 12.8 Å². The summed E-state index contributed by atoms with van der Waals surface area (Å²) in [4.78, 5) is 47.3. The maximum Gasteiger partial charge on any atom is 0.332 e. The number of hydrogen-bond donors (Lipinski definition) is 1.